The molecule has 1 aromatic rings. The largest absolute Gasteiger partial charge is 0.468 e. The highest BCUT2D eigenvalue weighted by Crippen LogP contribution is 2.49. The van der Waals surface area contributed by atoms with Gasteiger partial charge in [0.05, 0.1) is 23.6 Å². The number of hydrogen-bond acceptors (Lipinski definition) is 5. The Labute approximate surface area is 97.5 Å². The maximum atomic E-state index is 10.8. The second-order valence-corrected chi connectivity index (χ2v) is 4.75. The van der Waals surface area contributed by atoms with Gasteiger partial charge in [-0.3, -0.25) is 14.8 Å². The average Bonchev–Trinajstić information content (AvgIpc) is 2.52. The van der Waals surface area contributed by atoms with Gasteiger partial charge in [0.15, 0.2) is 0 Å². The van der Waals surface area contributed by atoms with Crippen LogP contribution in [0.4, 0.5) is 5.69 Å². The zero-order valence-corrected chi connectivity index (χ0v) is 9.46. The van der Waals surface area contributed by atoms with E-state index in [2.05, 4.69) is 5.10 Å². The molecular weight excluding hydrogens is 226 g/mol. The highest BCUT2D eigenvalue weighted by molar-refractivity contribution is 5.38. The zero-order valence-electron chi connectivity index (χ0n) is 9.46. The molecule has 0 bridgehead atoms. The highest BCUT2D eigenvalue weighted by atomic mass is 16.6. The summed E-state index contributed by atoms with van der Waals surface area (Å²) in [7, 11) is 1.64. The van der Waals surface area contributed by atoms with Crippen molar-refractivity contribution in [3.8, 4) is 5.88 Å². The molecule has 17 heavy (non-hydrogen) atoms. The van der Waals surface area contributed by atoms with Gasteiger partial charge in [0.25, 0.3) is 0 Å². The van der Waals surface area contributed by atoms with Crippen molar-refractivity contribution in [3.05, 3.63) is 16.3 Å². The van der Waals surface area contributed by atoms with E-state index in [0.717, 1.165) is 12.8 Å². The van der Waals surface area contributed by atoms with Crippen molar-refractivity contribution in [2.75, 3.05) is 13.2 Å². The number of ether oxygens (including phenoxy) is 2. The van der Waals surface area contributed by atoms with E-state index < -0.39 is 4.92 Å². The second kappa shape index (κ2) is 3.43. The highest BCUT2D eigenvalue weighted by Gasteiger charge is 2.54. The fourth-order valence-corrected chi connectivity index (χ4v) is 2.35. The van der Waals surface area contributed by atoms with E-state index in [-0.39, 0.29) is 23.1 Å². The predicted molar refractivity (Wildman–Crippen MR) is 56.8 cm³/mol. The Morgan fingerprint density at radius 3 is 2.94 bits per heavy atom. The molecule has 1 spiro atoms. The third-order valence-electron chi connectivity index (χ3n) is 3.59. The van der Waals surface area contributed by atoms with Crippen molar-refractivity contribution in [1.82, 2.24) is 9.78 Å². The molecule has 7 nitrogen and oxygen atoms in total. The van der Waals surface area contributed by atoms with Gasteiger partial charge in [-0.25, -0.2) is 0 Å². The maximum Gasteiger partial charge on any atom is 0.350 e. The van der Waals surface area contributed by atoms with Gasteiger partial charge >= 0.3 is 11.6 Å². The van der Waals surface area contributed by atoms with Crippen LogP contribution in [0, 0.1) is 15.5 Å². The lowest BCUT2D eigenvalue weighted by Crippen LogP contribution is -2.60. The quantitative estimate of drug-likeness (QED) is 0.578. The summed E-state index contributed by atoms with van der Waals surface area (Å²) in [4.78, 5) is 10.3. The Balaban J connectivity index is 1.78. The molecule has 1 aliphatic carbocycles. The van der Waals surface area contributed by atoms with Gasteiger partial charge < -0.3 is 9.47 Å². The molecule has 1 aliphatic heterocycles. The van der Waals surface area contributed by atoms with Crippen LogP contribution >= 0.6 is 0 Å². The van der Waals surface area contributed by atoms with Crippen LogP contribution in [0.15, 0.2) is 6.20 Å². The Morgan fingerprint density at radius 2 is 2.47 bits per heavy atom. The van der Waals surface area contributed by atoms with E-state index in [4.69, 9.17) is 9.47 Å². The molecule has 7 heteroatoms. The van der Waals surface area contributed by atoms with Crippen LogP contribution in [0.2, 0.25) is 0 Å². The Morgan fingerprint density at radius 1 is 1.71 bits per heavy atom. The van der Waals surface area contributed by atoms with Crippen LogP contribution < -0.4 is 4.74 Å². The molecular formula is C10H13N3O4. The van der Waals surface area contributed by atoms with E-state index in [0.29, 0.717) is 13.2 Å². The summed E-state index contributed by atoms with van der Waals surface area (Å²) in [6, 6.07) is 0. The number of hydrogen-bond donors (Lipinski definition) is 0. The van der Waals surface area contributed by atoms with Crippen LogP contribution in [0.5, 0.6) is 5.88 Å². The Kier molecular flexibility index (Phi) is 2.12. The van der Waals surface area contributed by atoms with E-state index in [9.17, 15) is 10.1 Å². The normalized spacial score (nSPS) is 25.1. The average molecular weight is 239 g/mol. The first-order valence-electron chi connectivity index (χ1n) is 5.53. The minimum absolute atomic E-state index is 0.00449. The SMILES string of the molecule is Cn1cc([N+](=O)[O-])c(OC2CCC23COC3)n1. The van der Waals surface area contributed by atoms with Crippen molar-refractivity contribution in [2.24, 2.45) is 12.5 Å². The summed E-state index contributed by atoms with van der Waals surface area (Å²) in [6.07, 6.45) is 3.35. The van der Waals surface area contributed by atoms with Gasteiger partial charge in [0, 0.05) is 7.05 Å². The van der Waals surface area contributed by atoms with Crippen LogP contribution in [-0.4, -0.2) is 34.0 Å². The standard InChI is InChI=1S/C10H13N3O4/c1-12-4-7(13(14)15)9(11-12)17-8-2-3-10(8)5-16-6-10/h4,8H,2-3,5-6H2,1H3. The molecule has 3 rings (SSSR count). The molecule has 2 heterocycles. The maximum absolute atomic E-state index is 10.8. The second-order valence-electron chi connectivity index (χ2n) is 4.75. The lowest BCUT2D eigenvalue weighted by Gasteiger charge is -2.53. The van der Waals surface area contributed by atoms with Crippen LogP contribution in [-0.2, 0) is 11.8 Å². The fourth-order valence-electron chi connectivity index (χ4n) is 2.35. The third-order valence-corrected chi connectivity index (χ3v) is 3.59. The summed E-state index contributed by atoms with van der Waals surface area (Å²) in [5.41, 5.74) is 0.0144. The summed E-state index contributed by atoms with van der Waals surface area (Å²) in [5, 5.41) is 14.8. The topological polar surface area (TPSA) is 79.4 Å². The summed E-state index contributed by atoms with van der Waals surface area (Å²) in [6.45, 7) is 1.39. The van der Waals surface area contributed by atoms with Crippen LogP contribution in [0.3, 0.4) is 0 Å². The lowest BCUT2D eigenvalue weighted by molar-refractivity contribution is -0.386. The zero-order chi connectivity index (χ0) is 12.0. The summed E-state index contributed by atoms with van der Waals surface area (Å²) >= 11 is 0. The van der Waals surface area contributed by atoms with E-state index in [1.807, 2.05) is 0 Å². The molecule has 0 amide bonds. The predicted octanol–water partition coefficient (Wildman–Crippen LogP) is 0.886. The molecule has 0 aromatic carbocycles. The number of aromatic nitrogens is 2. The number of nitro groups is 1. The van der Waals surface area contributed by atoms with Crippen LogP contribution in [0.1, 0.15) is 12.8 Å². The molecule has 1 atom stereocenters. The van der Waals surface area contributed by atoms with Crippen molar-refractivity contribution in [1.29, 1.82) is 0 Å². The third kappa shape index (κ3) is 1.49. The van der Waals surface area contributed by atoms with Gasteiger partial charge in [-0.1, -0.05) is 0 Å². The monoisotopic (exact) mass is 239 g/mol. The van der Waals surface area contributed by atoms with Gasteiger partial charge in [0.1, 0.15) is 12.3 Å². The minimum atomic E-state index is -0.467. The van der Waals surface area contributed by atoms with Gasteiger partial charge in [-0.15, -0.1) is 5.10 Å². The Bertz CT molecular complexity index is 461. The molecule has 1 saturated carbocycles. The first-order chi connectivity index (χ1) is 8.11. The van der Waals surface area contributed by atoms with Crippen molar-refractivity contribution >= 4 is 5.69 Å². The van der Waals surface area contributed by atoms with E-state index in [1.54, 1.807) is 7.05 Å². The van der Waals surface area contributed by atoms with E-state index in [1.165, 1.54) is 10.9 Å². The lowest BCUT2D eigenvalue weighted by atomic mass is 9.64. The molecule has 2 aliphatic rings. The van der Waals surface area contributed by atoms with Crippen molar-refractivity contribution in [2.45, 2.75) is 18.9 Å². The van der Waals surface area contributed by atoms with Gasteiger partial charge in [-0.05, 0) is 12.8 Å². The smallest absolute Gasteiger partial charge is 0.350 e. The minimum Gasteiger partial charge on any atom is -0.468 e. The van der Waals surface area contributed by atoms with E-state index >= 15 is 0 Å². The number of aryl methyl sites for hydroxylation is 1. The van der Waals surface area contributed by atoms with Crippen molar-refractivity contribution < 1.29 is 14.4 Å². The molecule has 1 aromatic heterocycles. The molecule has 2 fully saturated rings. The van der Waals surface area contributed by atoms with Gasteiger partial charge in [0.2, 0.25) is 0 Å². The first kappa shape index (κ1) is 10.5. The molecule has 1 unspecified atom stereocenters. The molecule has 0 radical (unpaired) electrons. The molecule has 92 valence electrons. The number of rotatable bonds is 3. The first-order valence-corrected chi connectivity index (χ1v) is 5.53. The molecule has 0 N–H and O–H groups in total. The summed E-state index contributed by atoms with van der Waals surface area (Å²) < 4.78 is 12.3. The fraction of sp³-hybridized carbons (Fsp3) is 0.700. The molecule has 1 saturated heterocycles. The van der Waals surface area contributed by atoms with Gasteiger partial charge in [-0.2, -0.15) is 0 Å². The number of nitrogens with zero attached hydrogens (tertiary/aromatic N) is 3. The van der Waals surface area contributed by atoms with Crippen LogP contribution in [0.25, 0.3) is 0 Å². The Hall–Kier alpha value is -1.63. The van der Waals surface area contributed by atoms with Crippen molar-refractivity contribution in [3.63, 3.8) is 0 Å². The summed E-state index contributed by atoms with van der Waals surface area (Å²) in [5.74, 6) is 0.119.